The first-order valence-corrected chi connectivity index (χ1v) is 8.57. The van der Waals surface area contributed by atoms with Crippen molar-refractivity contribution >= 4 is 42.9 Å². The highest BCUT2D eigenvalue weighted by atomic mass is 32.1. The Hall–Kier alpha value is -2.91. The standard InChI is InChI=1S/C21H16N2S/c22-18(14-7-2-1-3-8-14)13-19(23)17-11-6-10-16-15-9-4-5-12-20(15)24-21(16)17/h1-13,23H,22H2/b18-13-,23-19?. The maximum Gasteiger partial charge on any atom is 0.0647 e. The molecular weight excluding hydrogens is 312 g/mol. The van der Waals surface area contributed by atoms with Gasteiger partial charge in [-0.3, -0.25) is 0 Å². The molecule has 0 aliphatic rings. The van der Waals surface area contributed by atoms with E-state index in [1.54, 1.807) is 17.4 Å². The Bertz CT molecular complexity index is 1070. The average molecular weight is 328 g/mol. The molecular formula is C21H16N2S. The number of hydrogen-bond donors (Lipinski definition) is 2. The Kier molecular flexibility index (Phi) is 3.63. The SMILES string of the molecule is N=C(/C=C(\N)c1ccccc1)c1cccc2c1sc1ccccc12. The van der Waals surface area contributed by atoms with Crippen molar-refractivity contribution in [2.24, 2.45) is 5.73 Å². The molecule has 0 radical (unpaired) electrons. The molecule has 1 aromatic heterocycles. The van der Waals surface area contributed by atoms with Gasteiger partial charge in [-0.1, -0.05) is 66.7 Å². The lowest BCUT2D eigenvalue weighted by atomic mass is 10.0. The van der Waals surface area contributed by atoms with Gasteiger partial charge in [0.05, 0.1) is 5.71 Å². The minimum absolute atomic E-state index is 0.438. The number of thiophene rings is 1. The minimum atomic E-state index is 0.438. The fraction of sp³-hybridized carbons (Fsp3) is 0. The number of hydrogen-bond acceptors (Lipinski definition) is 3. The Balaban J connectivity index is 1.83. The monoisotopic (exact) mass is 328 g/mol. The van der Waals surface area contributed by atoms with Gasteiger partial charge in [0.15, 0.2) is 0 Å². The van der Waals surface area contributed by atoms with Crippen LogP contribution in [0.15, 0.2) is 78.9 Å². The minimum Gasteiger partial charge on any atom is -0.398 e. The molecule has 3 aromatic carbocycles. The van der Waals surface area contributed by atoms with Crippen LogP contribution in [0.1, 0.15) is 11.1 Å². The zero-order chi connectivity index (χ0) is 16.5. The molecule has 0 atom stereocenters. The van der Waals surface area contributed by atoms with Crippen molar-refractivity contribution in [3.8, 4) is 0 Å². The zero-order valence-electron chi connectivity index (χ0n) is 13.0. The molecule has 2 nitrogen and oxygen atoms in total. The molecule has 116 valence electrons. The van der Waals surface area contributed by atoms with Gasteiger partial charge in [-0.15, -0.1) is 11.3 Å². The highest BCUT2D eigenvalue weighted by Gasteiger charge is 2.11. The summed E-state index contributed by atoms with van der Waals surface area (Å²) < 4.78 is 2.38. The second-order valence-corrected chi connectivity index (χ2v) is 6.71. The lowest BCUT2D eigenvalue weighted by Gasteiger charge is -2.05. The zero-order valence-corrected chi connectivity index (χ0v) is 13.8. The number of allylic oxidation sites excluding steroid dienone is 1. The third-order valence-corrected chi connectivity index (χ3v) is 5.32. The summed E-state index contributed by atoms with van der Waals surface area (Å²) >= 11 is 1.73. The van der Waals surface area contributed by atoms with E-state index in [1.165, 1.54) is 15.5 Å². The maximum absolute atomic E-state index is 8.52. The van der Waals surface area contributed by atoms with E-state index in [0.29, 0.717) is 11.4 Å². The normalized spacial score (nSPS) is 11.9. The van der Waals surface area contributed by atoms with Crippen LogP contribution < -0.4 is 5.73 Å². The first-order chi connectivity index (χ1) is 11.7. The smallest absolute Gasteiger partial charge is 0.0647 e. The van der Waals surface area contributed by atoms with E-state index in [4.69, 9.17) is 11.1 Å². The summed E-state index contributed by atoms with van der Waals surface area (Å²) in [6, 6.07) is 24.3. The molecule has 4 aromatic rings. The fourth-order valence-corrected chi connectivity index (χ4v) is 4.14. The molecule has 0 saturated carbocycles. The van der Waals surface area contributed by atoms with E-state index >= 15 is 0 Å². The van der Waals surface area contributed by atoms with Crippen molar-refractivity contribution in [2.45, 2.75) is 0 Å². The predicted octanol–water partition coefficient (Wildman–Crippen LogP) is 5.42. The van der Waals surface area contributed by atoms with Crippen LogP contribution in [0.5, 0.6) is 0 Å². The van der Waals surface area contributed by atoms with Crippen molar-refractivity contribution < 1.29 is 0 Å². The first kappa shape index (κ1) is 14.7. The van der Waals surface area contributed by atoms with Crippen LogP contribution in [0, 0.1) is 5.41 Å². The summed E-state index contributed by atoms with van der Waals surface area (Å²) in [6.07, 6.45) is 1.74. The van der Waals surface area contributed by atoms with E-state index in [1.807, 2.05) is 42.5 Å². The van der Waals surface area contributed by atoms with E-state index in [2.05, 4.69) is 30.3 Å². The molecule has 0 spiro atoms. The molecule has 0 fully saturated rings. The molecule has 0 amide bonds. The quantitative estimate of drug-likeness (QED) is 0.485. The lowest BCUT2D eigenvalue weighted by Crippen LogP contribution is -2.02. The van der Waals surface area contributed by atoms with Crippen molar-refractivity contribution in [2.75, 3.05) is 0 Å². The van der Waals surface area contributed by atoms with Gasteiger partial charge in [-0.2, -0.15) is 0 Å². The van der Waals surface area contributed by atoms with Gasteiger partial charge in [-0.05, 0) is 17.7 Å². The van der Waals surface area contributed by atoms with Crippen molar-refractivity contribution in [3.05, 3.63) is 90.0 Å². The third-order valence-electron chi connectivity index (χ3n) is 4.10. The fourth-order valence-electron chi connectivity index (χ4n) is 2.91. The van der Waals surface area contributed by atoms with Gasteiger partial charge >= 0.3 is 0 Å². The molecule has 3 heteroatoms. The van der Waals surface area contributed by atoms with E-state index in [-0.39, 0.29) is 0 Å². The van der Waals surface area contributed by atoms with Gasteiger partial charge in [0, 0.05) is 31.4 Å². The van der Waals surface area contributed by atoms with Crippen molar-refractivity contribution in [1.82, 2.24) is 0 Å². The number of nitrogens with two attached hydrogens (primary N) is 1. The van der Waals surface area contributed by atoms with Gasteiger partial charge in [0.1, 0.15) is 0 Å². The molecule has 0 aliphatic carbocycles. The highest BCUT2D eigenvalue weighted by molar-refractivity contribution is 7.26. The van der Waals surface area contributed by atoms with E-state index in [9.17, 15) is 0 Å². The Morgan fingerprint density at radius 2 is 1.54 bits per heavy atom. The molecule has 24 heavy (non-hydrogen) atoms. The molecule has 3 N–H and O–H groups in total. The Morgan fingerprint density at radius 1 is 0.833 bits per heavy atom. The second kappa shape index (κ2) is 5.95. The largest absolute Gasteiger partial charge is 0.398 e. The summed E-state index contributed by atoms with van der Waals surface area (Å²) in [5.74, 6) is 0. The topological polar surface area (TPSA) is 49.9 Å². The van der Waals surface area contributed by atoms with Gasteiger partial charge in [0.2, 0.25) is 0 Å². The number of rotatable bonds is 3. The maximum atomic E-state index is 8.52. The van der Waals surface area contributed by atoms with E-state index in [0.717, 1.165) is 15.8 Å². The molecule has 1 heterocycles. The summed E-state index contributed by atoms with van der Waals surface area (Å²) in [4.78, 5) is 0. The first-order valence-electron chi connectivity index (χ1n) is 7.76. The van der Waals surface area contributed by atoms with Crippen molar-refractivity contribution in [1.29, 1.82) is 5.41 Å². The summed E-state index contributed by atoms with van der Waals surface area (Å²) in [7, 11) is 0. The Labute approximate surface area is 144 Å². The second-order valence-electron chi connectivity index (χ2n) is 5.66. The average Bonchev–Trinajstić information content (AvgIpc) is 3.01. The highest BCUT2D eigenvalue weighted by Crippen LogP contribution is 2.36. The van der Waals surface area contributed by atoms with E-state index < -0.39 is 0 Å². The van der Waals surface area contributed by atoms with Crippen LogP contribution in [-0.2, 0) is 0 Å². The van der Waals surface area contributed by atoms with Crippen LogP contribution >= 0.6 is 11.3 Å². The molecule has 0 aliphatic heterocycles. The molecule has 0 saturated heterocycles. The van der Waals surface area contributed by atoms with Crippen LogP contribution in [0.3, 0.4) is 0 Å². The predicted molar refractivity (Wildman–Crippen MR) is 105 cm³/mol. The summed E-state index contributed by atoms with van der Waals surface area (Å²) in [6.45, 7) is 0. The lowest BCUT2D eigenvalue weighted by molar-refractivity contribution is 1.48. The van der Waals surface area contributed by atoms with Crippen LogP contribution in [0.4, 0.5) is 0 Å². The summed E-state index contributed by atoms with van der Waals surface area (Å²) in [5.41, 5.74) is 9.08. The molecule has 0 unspecified atom stereocenters. The molecule has 4 rings (SSSR count). The van der Waals surface area contributed by atoms with Crippen LogP contribution in [0.25, 0.3) is 25.9 Å². The third kappa shape index (κ3) is 2.49. The van der Waals surface area contributed by atoms with Crippen molar-refractivity contribution in [3.63, 3.8) is 0 Å². The number of nitrogens with one attached hydrogen (secondary N) is 1. The summed E-state index contributed by atoms with van der Waals surface area (Å²) in [5, 5.41) is 11.0. The Morgan fingerprint density at radius 3 is 2.38 bits per heavy atom. The molecule has 0 bridgehead atoms. The van der Waals surface area contributed by atoms with Gasteiger partial charge < -0.3 is 11.1 Å². The van der Waals surface area contributed by atoms with Gasteiger partial charge in [-0.25, -0.2) is 0 Å². The van der Waals surface area contributed by atoms with Gasteiger partial charge in [0.25, 0.3) is 0 Å². The number of fused-ring (bicyclic) bond motifs is 3. The number of benzene rings is 3. The van der Waals surface area contributed by atoms with Crippen LogP contribution in [-0.4, -0.2) is 5.71 Å². The van der Waals surface area contributed by atoms with Crippen LogP contribution in [0.2, 0.25) is 0 Å².